The second-order valence-electron chi connectivity index (χ2n) is 2.99. The molecule has 0 N–H and O–H groups in total. The van der Waals surface area contributed by atoms with Crippen molar-refractivity contribution in [3.05, 3.63) is 35.4 Å². The normalized spacial score (nSPS) is 8.00. The van der Waals surface area contributed by atoms with E-state index in [1.54, 1.807) is 6.92 Å². The van der Waals surface area contributed by atoms with Crippen LogP contribution >= 0.6 is 36.4 Å². The Morgan fingerprint density at radius 2 is 1.89 bits per heavy atom. The van der Waals surface area contributed by atoms with Crippen LogP contribution in [0.1, 0.15) is 19.8 Å². The molecule has 0 spiro atoms. The molecule has 0 amide bonds. The fraction of sp³-hybridized carbons (Fsp3) is 0.308. The predicted molar refractivity (Wildman–Crippen MR) is 86.0 cm³/mol. The zero-order valence-electron chi connectivity index (χ0n) is 10.8. The standard InChI is InChI=1S/C6H5Cl.C4H6O2S.C3H6OS/c7-6-4-2-1-3-5-6;1-6-4(7)2-3-5;1-2-3(4)5/h1-5H;3H,2H2,1H3;2H2,1H3,(H,4,5). The number of carbonyl (C=O) groups excluding carboxylic acids is 2. The van der Waals surface area contributed by atoms with Crippen molar-refractivity contribution in [1.29, 1.82) is 0 Å². The highest BCUT2D eigenvalue weighted by Crippen LogP contribution is 2.03. The Labute approximate surface area is 129 Å². The average molecular weight is 321 g/mol. The van der Waals surface area contributed by atoms with E-state index in [-0.39, 0.29) is 11.5 Å². The SMILES string of the molecule is CCC(=O)S.COC(=S)CC=O.Clc1ccccc1. The maximum atomic E-state index is 9.68. The number of aldehydes is 1. The lowest BCUT2D eigenvalue weighted by molar-refractivity contribution is -0.110. The zero-order chi connectivity index (χ0) is 15.1. The topological polar surface area (TPSA) is 43.4 Å². The molecule has 1 aromatic carbocycles. The van der Waals surface area contributed by atoms with Crippen molar-refractivity contribution in [3.63, 3.8) is 0 Å². The van der Waals surface area contributed by atoms with Gasteiger partial charge in [0.1, 0.15) is 6.29 Å². The first-order valence-electron chi connectivity index (χ1n) is 5.40. The number of rotatable bonds is 3. The lowest BCUT2D eigenvalue weighted by Gasteiger charge is -1.91. The van der Waals surface area contributed by atoms with Crippen molar-refractivity contribution in [2.45, 2.75) is 19.8 Å². The largest absolute Gasteiger partial charge is 0.490 e. The maximum absolute atomic E-state index is 9.68. The zero-order valence-corrected chi connectivity index (χ0v) is 13.3. The highest BCUT2D eigenvalue weighted by Gasteiger charge is 1.87. The Balaban J connectivity index is 0. The van der Waals surface area contributed by atoms with Gasteiger partial charge < -0.3 is 9.53 Å². The van der Waals surface area contributed by atoms with E-state index in [9.17, 15) is 9.59 Å². The highest BCUT2D eigenvalue weighted by atomic mass is 35.5. The van der Waals surface area contributed by atoms with Gasteiger partial charge in [-0.1, -0.05) is 36.7 Å². The Hall–Kier alpha value is -0.910. The molecule has 1 aromatic rings. The third-order valence-electron chi connectivity index (χ3n) is 1.51. The molecule has 0 saturated carbocycles. The fourth-order valence-corrected chi connectivity index (χ4v) is 0.780. The van der Waals surface area contributed by atoms with Gasteiger partial charge in [0.15, 0.2) is 10.2 Å². The summed E-state index contributed by atoms with van der Waals surface area (Å²) in [6, 6.07) is 9.44. The van der Waals surface area contributed by atoms with E-state index in [1.807, 2.05) is 30.3 Å². The molecule has 0 saturated heterocycles. The van der Waals surface area contributed by atoms with E-state index >= 15 is 0 Å². The number of benzene rings is 1. The van der Waals surface area contributed by atoms with Gasteiger partial charge in [0, 0.05) is 11.4 Å². The molecule has 0 radical (unpaired) electrons. The molecular formula is C13H17ClO3S2. The fourth-order valence-electron chi connectivity index (χ4n) is 0.566. The van der Waals surface area contributed by atoms with E-state index in [1.165, 1.54) is 7.11 Å². The molecule has 106 valence electrons. The van der Waals surface area contributed by atoms with Gasteiger partial charge in [0.25, 0.3) is 0 Å². The Morgan fingerprint density at radius 3 is 2.05 bits per heavy atom. The van der Waals surface area contributed by atoms with Crippen LogP contribution in [0.15, 0.2) is 30.3 Å². The number of halogens is 1. The first-order chi connectivity index (χ1) is 8.97. The minimum atomic E-state index is -0.0509. The molecule has 0 aliphatic carbocycles. The molecule has 19 heavy (non-hydrogen) atoms. The van der Waals surface area contributed by atoms with Crippen molar-refractivity contribution in [3.8, 4) is 0 Å². The Morgan fingerprint density at radius 1 is 1.42 bits per heavy atom. The van der Waals surface area contributed by atoms with Crippen LogP contribution < -0.4 is 0 Å². The number of ether oxygens (including phenoxy) is 1. The first-order valence-corrected chi connectivity index (χ1v) is 6.64. The third-order valence-corrected chi connectivity index (χ3v) is 2.41. The lowest BCUT2D eigenvalue weighted by Crippen LogP contribution is -1.95. The lowest BCUT2D eigenvalue weighted by atomic mass is 10.4. The van der Waals surface area contributed by atoms with E-state index < -0.39 is 0 Å². The molecule has 1 rings (SSSR count). The smallest absolute Gasteiger partial charge is 0.185 e. The molecule has 3 nitrogen and oxygen atoms in total. The van der Waals surface area contributed by atoms with Crippen LogP contribution in [0.4, 0.5) is 0 Å². The summed E-state index contributed by atoms with van der Waals surface area (Å²) in [5.41, 5.74) is 0. The van der Waals surface area contributed by atoms with Crippen molar-refractivity contribution in [2.75, 3.05) is 7.11 Å². The molecule has 0 aromatic heterocycles. The quantitative estimate of drug-likeness (QED) is 0.523. The second kappa shape index (κ2) is 15.1. The van der Waals surface area contributed by atoms with Gasteiger partial charge in [-0.2, -0.15) is 0 Å². The van der Waals surface area contributed by atoms with Crippen molar-refractivity contribution in [1.82, 2.24) is 0 Å². The van der Waals surface area contributed by atoms with E-state index in [4.69, 9.17) is 11.6 Å². The summed E-state index contributed by atoms with van der Waals surface area (Å²) in [6.07, 6.45) is 1.47. The molecule has 0 bridgehead atoms. The van der Waals surface area contributed by atoms with Gasteiger partial charge in [0.05, 0.1) is 13.5 Å². The summed E-state index contributed by atoms with van der Waals surface area (Å²) in [5.74, 6) is 0. The second-order valence-corrected chi connectivity index (χ2v) is 4.38. The summed E-state index contributed by atoms with van der Waals surface area (Å²) < 4.78 is 4.49. The van der Waals surface area contributed by atoms with Crippen LogP contribution in [0.5, 0.6) is 0 Å². The molecule has 0 aliphatic rings. The highest BCUT2D eigenvalue weighted by molar-refractivity contribution is 7.96. The van der Waals surface area contributed by atoms with Crippen molar-refractivity contribution < 1.29 is 14.3 Å². The van der Waals surface area contributed by atoms with Crippen LogP contribution in [-0.2, 0) is 14.3 Å². The summed E-state index contributed by atoms with van der Waals surface area (Å²) in [7, 11) is 1.45. The van der Waals surface area contributed by atoms with Gasteiger partial charge >= 0.3 is 0 Å². The van der Waals surface area contributed by atoms with Crippen LogP contribution in [0.2, 0.25) is 5.02 Å². The maximum Gasteiger partial charge on any atom is 0.185 e. The summed E-state index contributed by atoms with van der Waals surface area (Å²) >= 11 is 13.5. The van der Waals surface area contributed by atoms with E-state index in [0.29, 0.717) is 17.8 Å². The van der Waals surface area contributed by atoms with Gasteiger partial charge in [0.2, 0.25) is 0 Å². The number of thiocarbonyl (C=S) groups is 1. The monoisotopic (exact) mass is 320 g/mol. The summed E-state index contributed by atoms with van der Waals surface area (Å²) in [6.45, 7) is 1.77. The van der Waals surface area contributed by atoms with Crippen LogP contribution in [0.25, 0.3) is 0 Å². The minimum Gasteiger partial charge on any atom is -0.490 e. The Kier molecular flexibility index (Phi) is 16.3. The van der Waals surface area contributed by atoms with Crippen molar-refractivity contribution in [2.24, 2.45) is 0 Å². The minimum absolute atomic E-state index is 0.0509. The van der Waals surface area contributed by atoms with Crippen LogP contribution in [0.3, 0.4) is 0 Å². The first kappa shape index (κ1) is 20.4. The third kappa shape index (κ3) is 19.6. The van der Waals surface area contributed by atoms with Gasteiger partial charge in [-0.3, -0.25) is 4.79 Å². The van der Waals surface area contributed by atoms with Crippen LogP contribution in [-0.4, -0.2) is 23.6 Å². The van der Waals surface area contributed by atoms with Crippen molar-refractivity contribution >= 4 is 52.9 Å². The molecule has 0 aliphatic heterocycles. The number of hydrogen-bond donors (Lipinski definition) is 1. The predicted octanol–water partition coefficient (Wildman–Crippen LogP) is 3.74. The Bertz CT molecular complexity index is 369. The average Bonchev–Trinajstić information content (AvgIpc) is 2.41. The number of methoxy groups -OCH3 is 1. The van der Waals surface area contributed by atoms with Gasteiger partial charge in [-0.25, -0.2) is 0 Å². The molecule has 0 atom stereocenters. The van der Waals surface area contributed by atoms with Crippen LogP contribution in [0, 0.1) is 0 Å². The summed E-state index contributed by atoms with van der Waals surface area (Å²) in [5, 5.41) is 1.09. The molecule has 0 unspecified atom stereocenters. The van der Waals surface area contributed by atoms with Gasteiger partial charge in [-0.15, -0.1) is 12.6 Å². The molecular weight excluding hydrogens is 304 g/mol. The summed E-state index contributed by atoms with van der Waals surface area (Å²) in [4.78, 5) is 19.3. The number of hydrogen-bond acceptors (Lipinski definition) is 4. The molecule has 0 fully saturated rings. The van der Waals surface area contributed by atoms with E-state index in [2.05, 4.69) is 29.6 Å². The van der Waals surface area contributed by atoms with Gasteiger partial charge in [-0.05, 0) is 24.4 Å². The number of carbonyl (C=O) groups is 2. The molecule has 6 heteroatoms. The number of thiol groups is 1. The molecule has 0 heterocycles. The van der Waals surface area contributed by atoms with E-state index in [0.717, 1.165) is 5.02 Å².